The molecule has 0 aromatic heterocycles. The minimum absolute atomic E-state index is 0.178. The zero-order chi connectivity index (χ0) is 9.56. The number of aliphatic hydroxyl groups excluding tert-OH is 1. The summed E-state index contributed by atoms with van der Waals surface area (Å²) < 4.78 is 4.40. The van der Waals surface area contributed by atoms with E-state index in [1.54, 1.807) is 0 Å². The molecule has 0 spiro atoms. The van der Waals surface area contributed by atoms with E-state index in [4.69, 9.17) is 5.73 Å². The van der Waals surface area contributed by atoms with E-state index >= 15 is 0 Å². The van der Waals surface area contributed by atoms with Crippen molar-refractivity contribution in [3.05, 3.63) is 0 Å². The highest BCUT2D eigenvalue weighted by Gasteiger charge is 2.24. The second kappa shape index (κ2) is 5.97. The number of aliphatic hydroxyl groups is 1. The quantitative estimate of drug-likeness (QED) is 0.572. The zero-order valence-electron chi connectivity index (χ0n) is 7.62. The second-order valence-electron chi connectivity index (χ2n) is 2.75. The summed E-state index contributed by atoms with van der Waals surface area (Å²) in [4.78, 5) is 10.9. The van der Waals surface area contributed by atoms with Gasteiger partial charge in [-0.1, -0.05) is 13.3 Å². The third-order valence-corrected chi connectivity index (χ3v) is 1.85. The minimum atomic E-state index is -1.07. The fraction of sp³-hybridized carbons (Fsp3) is 0.875. The van der Waals surface area contributed by atoms with Crippen LogP contribution in [0.1, 0.15) is 19.8 Å². The first-order chi connectivity index (χ1) is 5.67. The molecule has 0 bridgehead atoms. The van der Waals surface area contributed by atoms with Crippen molar-refractivity contribution in [3.8, 4) is 0 Å². The number of carbonyl (C=O) groups is 1. The molecule has 2 unspecified atom stereocenters. The molecule has 0 aliphatic heterocycles. The third kappa shape index (κ3) is 3.19. The lowest BCUT2D eigenvalue weighted by molar-refractivity contribution is -0.153. The van der Waals surface area contributed by atoms with Crippen LogP contribution in [0.5, 0.6) is 0 Å². The van der Waals surface area contributed by atoms with E-state index in [9.17, 15) is 9.90 Å². The van der Waals surface area contributed by atoms with Crippen molar-refractivity contribution in [1.82, 2.24) is 0 Å². The molecule has 0 aliphatic rings. The van der Waals surface area contributed by atoms with Crippen molar-refractivity contribution < 1.29 is 14.6 Å². The number of carbonyl (C=O) groups excluding carboxylic acids is 1. The number of methoxy groups -OCH3 is 1. The fourth-order valence-electron chi connectivity index (χ4n) is 1.09. The Morgan fingerprint density at radius 3 is 2.58 bits per heavy atom. The first-order valence-corrected chi connectivity index (χ1v) is 4.13. The average Bonchev–Trinajstić information content (AvgIpc) is 2.11. The summed E-state index contributed by atoms with van der Waals surface area (Å²) >= 11 is 0. The van der Waals surface area contributed by atoms with E-state index in [1.807, 2.05) is 6.92 Å². The Labute approximate surface area is 72.7 Å². The van der Waals surface area contributed by atoms with E-state index < -0.39 is 12.1 Å². The molecule has 0 radical (unpaired) electrons. The molecule has 0 fully saturated rings. The molecule has 72 valence electrons. The van der Waals surface area contributed by atoms with Crippen LogP contribution in [0.15, 0.2) is 0 Å². The van der Waals surface area contributed by atoms with Crippen LogP contribution in [0.4, 0.5) is 0 Å². The Balaban J connectivity index is 4.00. The topological polar surface area (TPSA) is 72.5 Å². The second-order valence-corrected chi connectivity index (χ2v) is 2.75. The lowest BCUT2D eigenvalue weighted by atomic mass is 9.97. The first kappa shape index (κ1) is 11.4. The van der Waals surface area contributed by atoms with Crippen LogP contribution in [-0.2, 0) is 9.53 Å². The largest absolute Gasteiger partial charge is 0.467 e. The van der Waals surface area contributed by atoms with Gasteiger partial charge >= 0.3 is 5.97 Å². The molecular formula is C8H17NO3. The average molecular weight is 175 g/mol. The highest BCUT2D eigenvalue weighted by atomic mass is 16.5. The molecular weight excluding hydrogens is 158 g/mol. The zero-order valence-corrected chi connectivity index (χ0v) is 7.62. The predicted molar refractivity (Wildman–Crippen MR) is 45.5 cm³/mol. The summed E-state index contributed by atoms with van der Waals surface area (Å²) in [6.45, 7) is 2.29. The molecule has 0 aliphatic carbocycles. The summed E-state index contributed by atoms with van der Waals surface area (Å²) in [5.74, 6) is -0.777. The molecule has 12 heavy (non-hydrogen) atoms. The summed E-state index contributed by atoms with van der Waals surface area (Å²) in [5.41, 5.74) is 5.38. The number of ether oxygens (including phenoxy) is 1. The van der Waals surface area contributed by atoms with Crippen molar-refractivity contribution >= 4 is 5.97 Å². The molecule has 0 saturated carbocycles. The van der Waals surface area contributed by atoms with Crippen LogP contribution in [-0.4, -0.2) is 30.8 Å². The van der Waals surface area contributed by atoms with Crippen LogP contribution in [0.3, 0.4) is 0 Å². The van der Waals surface area contributed by atoms with Gasteiger partial charge in [0.1, 0.15) is 0 Å². The summed E-state index contributed by atoms with van der Waals surface area (Å²) in [5, 5.41) is 9.35. The van der Waals surface area contributed by atoms with Crippen LogP contribution < -0.4 is 5.73 Å². The van der Waals surface area contributed by atoms with Gasteiger partial charge in [-0.05, 0) is 13.0 Å². The van der Waals surface area contributed by atoms with Gasteiger partial charge in [-0.15, -0.1) is 0 Å². The van der Waals surface area contributed by atoms with Crippen molar-refractivity contribution in [1.29, 1.82) is 0 Å². The maximum atomic E-state index is 10.9. The number of nitrogens with two attached hydrogens (primary N) is 1. The minimum Gasteiger partial charge on any atom is -0.467 e. The van der Waals surface area contributed by atoms with Crippen LogP contribution in [0.25, 0.3) is 0 Å². The Kier molecular flexibility index (Phi) is 5.66. The van der Waals surface area contributed by atoms with Crippen molar-refractivity contribution in [2.45, 2.75) is 25.9 Å². The summed E-state index contributed by atoms with van der Waals surface area (Å²) in [7, 11) is 1.26. The third-order valence-electron chi connectivity index (χ3n) is 1.85. The lowest BCUT2D eigenvalue weighted by Gasteiger charge is -2.18. The van der Waals surface area contributed by atoms with Crippen LogP contribution in [0, 0.1) is 5.92 Å². The van der Waals surface area contributed by atoms with Gasteiger partial charge in [-0.25, -0.2) is 4.79 Å². The highest BCUT2D eigenvalue weighted by molar-refractivity contribution is 5.74. The van der Waals surface area contributed by atoms with Crippen LogP contribution >= 0.6 is 0 Å². The summed E-state index contributed by atoms with van der Waals surface area (Å²) in [6, 6.07) is 0. The number of esters is 1. The molecule has 0 amide bonds. The normalized spacial score (nSPS) is 15.3. The summed E-state index contributed by atoms with van der Waals surface area (Å²) in [6.07, 6.45) is 0.572. The Morgan fingerprint density at radius 1 is 1.67 bits per heavy atom. The smallest absolute Gasteiger partial charge is 0.335 e. The molecule has 4 heteroatoms. The molecule has 3 N–H and O–H groups in total. The standard InChI is InChI=1S/C8H17NO3/c1-3-4-6(5-9)7(10)8(11)12-2/h6-7,10H,3-5,9H2,1-2H3. The molecule has 4 nitrogen and oxygen atoms in total. The van der Waals surface area contributed by atoms with Gasteiger partial charge < -0.3 is 15.6 Å². The van der Waals surface area contributed by atoms with E-state index in [1.165, 1.54) is 7.11 Å². The first-order valence-electron chi connectivity index (χ1n) is 4.13. The maximum absolute atomic E-state index is 10.9. The molecule has 0 heterocycles. The maximum Gasteiger partial charge on any atom is 0.335 e. The van der Waals surface area contributed by atoms with Crippen molar-refractivity contribution in [2.75, 3.05) is 13.7 Å². The lowest BCUT2D eigenvalue weighted by Crippen LogP contribution is -2.35. The van der Waals surface area contributed by atoms with Gasteiger partial charge in [0, 0.05) is 5.92 Å². The molecule has 0 aromatic rings. The van der Waals surface area contributed by atoms with Crippen molar-refractivity contribution in [3.63, 3.8) is 0 Å². The number of hydrogen-bond donors (Lipinski definition) is 2. The number of hydrogen-bond acceptors (Lipinski definition) is 4. The van der Waals surface area contributed by atoms with E-state index in [0.717, 1.165) is 12.8 Å². The molecule has 2 atom stereocenters. The van der Waals surface area contributed by atoms with Crippen molar-refractivity contribution in [2.24, 2.45) is 11.7 Å². The Bertz CT molecular complexity index is 138. The molecule has 0 aromatic carbocycles. The Hall–Kier alpha value is -0.610. The Morgan fingerprint density at radius 2 is 2.25 bits per heavy atom. The molecule has 0 rings (SSSR count). The van der Waals surface area contributed by atoms with Gasteiger partial charge in [0.25, 0.3) is 0 Å². The van der Waals surface area contributed by atoms with Gasteiger partial charge in [-0.3, -0.25) is 0 Å². The van der Waals surface area contributed by atoms with E-state index in [0.29, 0.717) is 6.54 Å². The van der Waals surface area contributed by atoms with Crippen LogP contribution in [0.2, 0.25) is 0 Å². The van der Waals surface area contributed by atoms with Gasteiger partial charge in [-0.2, -0.15) is 0 Å². The fourth-order valence-corrected chi connectivity index (χ4v) is 1.09. The monoisotopic (exact) mass is 175 g/mol. The predicted octanol–water partition coefficient (Wildman–Crippen LogP) is -0.105. The number of rotatable bonds is 5. The highest BCUT2D eigenvalue weighted by Crippen LogP contribution is 2.10. The van der Waals surface area contributed by atoms with Gasteiger partial charge in [0.05, 0.1) is 7.11 Å². The van der Waals surface area contributed by atoms with E-state index in [2.05, 4.69) is 4.74 Å². The van der Waals surface area contributed by atoms with Gasteiger partial charge in [0.15, 0.2) is 6.10 Å². The SMILES string of the molecule is CCCC(CN)C(O)C(=O)OC. The van der Waals surface area contributed by atoms with E-state index in [-0.39, 0.29) is 5.92 Å². The molecule has 0 saturated heterocycles. The van der Waals surface area contributed by atoms with Gasteiger partial charge in [0.2, 0.25) is 0 Å².